The zero-order valence-corrected chi connectivity index (χ0v) is 13.5. The molecule has 2 N–H and O–H groups in total. The monoisotopic (exact) mass is 351 g/mol. The Kier molecular flexibility index (Phi) is 5.41. The summed E-state index contributed by atoms with van der Waals surface area (Å²) in [6.07, 6.45) is -3.57. The summed E-state index contributed by atoms with van der Waals surface area (Å²) in [6.45, 7) is 1.73. The zero-order valence-electron chi connectivity index (χ0n) is 13.5. The van der Waals surface area contributed by atoms with Gasteiger partial charge in [0.1, 0.15) is 5.92 Å². The molecule has 132 valence electrons. The molecule has 8 heteroatoms. The summed E-state index contributed by atoms with van der Waals surface area (Å²) < 4.78 is 39.0. The van der Waals surface area contributed by atoms with Gasteiger partial charge in [0.2, 0.25) is 5.91 Å². The van der Waals surface area contributed by atoms with E-state index in [-0.39, 0.29) is 5.69 Å². The van der Waals surface area contributed by atoms with E-state index in [0.717, 1.165) is 18.3 Å². The molecule has 1 heterocycles. The van der Waals surface area contributed by atoms with Crippen LogP contribution in [0.25, 0.3) is 0 Å². The minimum absolute atomic E-state index is 0.0921. The highest BCUT2D eigenvalue weighted by molar-refractivity contribution is 5.99. The van der Waals surface area contributed by atoms with E-state index >= 15 is 0 Å². The number of imide groups is 1. The van der Waals surface area contributed by atoms with Crippen molar-refractivity contribution in [2.24, 2.45) is 0 Å². The molecule has 0 aliphatic rings. The van der Waals surface area contributed by atoms with Crippen LogP contribution in [0.2, 0.25) is 0 Å². The molecule has 1 aromatic carbocycles. The number of nitrogens with zero attached hydrogens (tertiary/aromatic N) is 1. The number of aromatic nitrogens is 1. The van der Waals surface area contributed by atoms with Crippen LogP contribution in [0.5, 0.6) is 0 Å². The molecule has 0 fully saturated rings. The van der Waals surface area contributed by atoms with Crippen molar-refractivity contribution in [1.82, 2.24) is 15.6 Å². The molecule has 0 aliphatic heterocycles. The van der Waals surface area contributed by atoms with Crippen molar-refractivity contribution < 1.29 is 22.8 Å². The van der Waals surface area contributed by atoms with Gasteiger partial charge in [0.25, 0.3) is 0 Å². The average molecular weight is 351 g/mol. The Morgan fingerprint density at radius 3 is 2.44 bits per heavy atom. The SMILES string of the molecule is CNC(=O)NC(=O)C(c1cc(C(F)(F)F)ccn1)c1ccccc1C. The number of urea groups is 1. The van der Waals surface area contributed by atoms with Gasteiger partial charge < -0.3 is 5.32 Å². The molecule has 2 rings (SSSR count). The highest BCUT2D eigenvalue weighted by Crippen LogP contribution is 2.32. The number of pyridine rings is 1. The molecular formula is C17H16F3N3O2. The molecule has 0 radical (unpaired) electrons. The number of amides is 3. The smallest absolute Gasteiger partial charge is 0.341 e. The minimum Gasteiger partial charge on any atom is -0.341 e. The molecule has 0 spiro atoms. The number of rotatable bonds is 3. The van der Waals surface area contributed by atoms with Crippen molar-refractivity contribution in [1.29, 1.82) is 0 Å². The molecule has 0 saturated heterocycles. The molecule has 1 unspecified atom stereocenters. The van der Waals surface area contributed by atoms with Crippen molar-refractivity contribution in [3.05, 3.63) is 65.0 Å². The fourth-order valence-electron chi connectivity index (χ4n) is 2.37. The van der Waals surface area contributed by atoms with Crippen LogP contribution < -0.4 is 10.6 Å². The first-order chi connectivity index (χ1) is 11.7. The third kappa shape index (κ3) is 4.34. The minimum atomic E-state index is -4.56. The summed E-state index contributed by atoms with van der Waals surface area (Å²) in [7, 11) is 1.33. The Balaban J connectivity index is 2.54. The number of benzene rings is 1. The highest BCUT2D eigenvalue weighted by atomic mass is 19.4. The van der Waals surface area contributed by atoms with Crippen molar-refractivity contribution >= 4 is 11.9 Å². The van der Waals surface area contributed by atoms with E-state index in [4.69, 9.17) is 0 Å². The first kappa shape index (κ1) is 18.4. The second-order valence-corrected chi connectivity index (χ2v) is 5.33. The molecule has 1 atom stereocenters. The standard InChI is InChI=1S/C17H16F3N3O2/c1-10-5-3-4-6-12(10)14(15(24)23-16(25)21-2)13-9-11(7-8-22-13)17(18,19)20/h3-9,14H,1-2H3,(H2,21,23,24,25). The van der Waals surface area contributed by atoms with E-state index < -0.39 is 29.6 Å². The lowest BCUT2D eigenvalue weighted by Crippen LogP contribution is -2.40. The van der Waals surface area contributed by atoms with Gasteiger partial charge in [0, 0.05) is 13.2 Å². The van der Waals surface area contributed by atoms with E-state index in [1.165, 1.54) is 7.05 Å². The summed E-state index contributed by atoms with van der Waals surface area (Å²) in [6, 6.07) is 7.64. The number of nitrogens with one attached hydrogen (secondary N) is 2. The first-order valence-electron chi connectivity index (χ1n) is 7.35. The Morgan fingerprint density at radius 1 is 1.16 bits per heavy atom. The number of hydrogen-bond acceptors (Lipinski definition) is 3. The van der Waals surface area contributed by atoms with Gasteiger partial charge in [-0.15, -0.1) is 0 Å². The van der Waals surface area contributed by atoms with Crippen molar-refractivity contribution in [3.63, 3.8) is 0 Å². The molecule has 0 saturated carbocycles. The van der Waals surface area contributed by atoms with Gasteiger partial charge in [-0.05, 0) is 30.2 Å². The van der Waals surface area contributed by atoms with Gasteiger partial charge >= 0.3 is 12.2 Å². The van der Waals surface area contributed by atoms with E-state index in [1.54, 1.807) is 31.2 Å². The van der Waals surface area contributed by atoms with Crippen LogP contribution in [0.4, 0.5) is 18.0 Å². The molecule has 0 aliphatic carbocycles. The van der Waals surface area contributed by atoms with E-state index in [0.29, 0.717) is 11.1 Å². The predicted molar refractivity (Wildman–Crippen MR) is 84.9 cm³/mol. The van der Waals surface area contributed by atoms with Gasteiger partial charge in [0.15, 0.2) is 0 Å². The van der Waals surface area contributed by atoms with Gasteiger partial charge in [-0.2, -0.15) is 13.2 Å². The van der Waals surface area contributed by atoms with E-state index in [1.807, 2.05) is 0 Å². The Morgan fingerprint density at radius 2 is 1.84 bits per heavy atom. The van der Waals surface area contributed by atoms with Crippen molar-refractivity contribution in [3.8, 4) is 0 Å². The quantitative estimate of drug-likeness (QED) is 0.893. The number of carbonyl (C=O) groups excluding carboxylic acids is 2. The summed E-state index contributed by atoms with van der Waals surface area (Å²) >= 11 is 0. The third-order valence-corrected chi connectivity index (χ3v) is 3.63. The Labute approximate surface area is 142 Å². The number of halogens is 3. The van der Waals surface area contributed by atoms with Crippen LogP contribution in [0, 0.1) is 6.92 Å². The second kappa shape index (κ2) is 7.33. The average Bonchev–Trinajstić information content (AvgIpc) is 2.56. The number of hydrogen-bond donors (Lipinski definition) is 2. The van der Waals surface area contributed by atoms with Crippen LogP contribution in [-0.2, 0) is 11.0 Å². The second-order valence-electron chi connectivity index (χ2n) is 5.33. The molecule has 1 aromatic heterocycles. The lowest BCUT2D eigenvalue weighted by atomic mass is 9.90. The predicted octanol–water partition coefficient (Wildman–Crippen LogP) is 3.00. The maximum absolute atomic E-state index is 13.0. The van der Waals surface area contributed by atoms with Gasteiger partial charge in [-0.1, -0.05) is 24.3 Å². The third-order valence-electron chi connectivity index (χ3n) is 3.63. The lowest BCUT2D eigenvalue weighted by Gasteiger charge is -2.19. The van der Waals surface area contributed by atoms with Crippen molar-refractivity contribution in [2.75, 3.05) is 7.05 Å². The van der Waals surface area contributed by atoms with E-state index in [2.05, 4.69) is 15.6 Å². The maximum atomic E-state index is 13.0. The van der Waals surface area contributed by atoms with Crippen LogP contribution >= 0.6 is 0 Å². The Hall–Kier alpha value is -2.90. The fraction of sp³-hybridized carbons (Fsp3) is 0.235. The summed E-state index contributed by atoms with van der Waals surface area (Å²) in [5.74, 6) is -1.92. The highest BCUT2D eigenvalue weighted by Gasteiger charge is 2.33. The zero-order chi connectivity index (χ0) is 18.6. The van der Waals surface area contributed by atoms with Crippen LogP contribution in [0.1, 0.15) is 28.3 Å². The molecular weight excluding hydrogens is 335 g/mol. The summed E-state index contributed by atoms with van der Waals surface area (Å²) in [5, 5.41) is 4.33. The summed E-state index contributed by atoms with van der Waals surface area (Å²) in [5.41, 5.74) is 0.156. The van der Waals surface area contributed by atoms with Crippen LogP contribution in [0.15, 0.2) is 42.6 Å². The molecule has 0 bridgehead atoms. The number of alkyl halides is 3. The topological polar surface area (TPSA) is 71.1 Å². The number of carbonyl (C=O) groups is 2. The molecule has 25 heavy (non-hydrogen) atoms. The molecule has 2 aromatic rings. The van der Waals surface area contributed by atoms with E-state index in [9.17, 15) is 22.8 Å². The maximum Gasteiger partial charge on any atom is 0.416 e. The largest absolute Gasteiger partial charge is 0.416 e. The molecule has 3 amide bonds. The number of aryl methyl sites for hydroxylation is 1. The normalized spacial score (nSPS) is 12.4. The van der Waals surface area contributed by atoms with Gasteiger partial charge in [0.05, 0.1) is 11.3 Å². The van der Waals surface area contributed by atoms with Gasteiger partial charge in [-0.3, -0.25) is 15.1 Å². The first-order valence-corrected chi connectivity index (χ1v) is 7.35. The van der Waals surface area contributed by atoms with Gasteiger partial charge in [-0.25, -0.2) is 4.79 Å². The Bertz CT molecular complexity index is 791. The molecule has 5 nitrogen and oxygen atoms in total. The lowest BCUT2D eigenvalue weighted by molar-refractivity contribution is -0.137. The van der Waals surface area contributed by atoms with Crippen LogP contribution in [-0.4, -0.2) is 24.0 Å². The van der Waals surface area contributed by atoms with Crippen molar-refractivity contribution in [2.45, 2.75) is 19.0 Å². The fourth-order valence-corrected chi connectivity index (χ4v) is 2.37. The summed E-state index contributed by atoms with van der Waals surface area (Å²) in [4.78, 5) is 27.9. The van der Waals surface area contributed by atoms with Crippen LogP contribution in [0.3, 0.4) is 0 Å².